The molecule has 1 N–H and O–H groups in total. The summed E-state index contributed by atoms with van der Waals surface area (Å²) in [5, 5.41) is 0. The first-order valence-electron chi connectivity index (χ1n) is 4.77. The van der Waals surface area contributed by atoms with Crippen LogP contribution in [0.4, 0.5) is 8.78 Å². The predicted molar refractivity (Wildman–Crippen MR) is 56.4 cm³/mol. The van der Waals surface area contributed by atoms with Crippen LogP contribution in [0.1, 0.15) is 13.8 Å². The zero-order valence-corrected chi connectivity index (χ0v) is 9.81. The van der Waals surface area contributed by atoms with E-state index in [2.05, 4.69) is 4.72 Å². The fourth-order valence-corrected chi connectivity index (χ4v) is 2.23. The lowest BCUT2D eigenvalue weighted by atomic mass is 10.2. The molecule has 1 aromatic rings. The van der Waals surface area contributed by atoms with Crippen molar-refractivity contribution in [3.05, 3.63) is 29.8 Å². The van der Waals surface area contributed by atoms with Crippen LogP contribution in [-0.2, 0) is 10.0 Å². The molecule has 0 aliphatic heterocycles. The summed E-state index contributed by atoms with van der Waals surface area (Å²) >= 11 is 0. The monoisotopic (exact) mass is 249 g/mol. The Morgan fingerprint density at radius 3 is 2.38 bits per heavy atom. The fourth-order valence-electron chi connectivity index (χ4n) is 1.00. The molecule has 0 spiro atoms. The van der Waals surface area contributed by atoms with E-state index in [0.717, 1.165) is 12.1 Å². The highest BCUT2D eigenvalue weighted by atomic mass is 32.2. The lowest BCUT2D eigenvalue weighted by Gasteiger charge is -2.08. The van der Waals surface area contributed by atoms with E-state index >= 15 is 0 Å². The minimum absolute atomic E-state index is 0.139. The van der Waals surface area contributed by atoms with Crippen molar-refractivity contribution in [2.24, 2.45) is 5.92 Å². The van der Waals surface area contributed by atoms with Crippen LogP contribution in [0, 0.1) is 17.6 Å². The predicted octanol–water partition coefficient (Wildman–Crippen LogP) is 1.90. The molecule has 0 fully saturated rings. The van der Waals surface area contributed by atoms with Gasteiger partial charge in [0.2, 0.25) is 10.0 Å². The second kappa shape index (κ2) is 4.88. The van der Waals surface area contributed by atoms with E-state index in [1.807, 2.05) is 13.8 Å². The van der Waals surface area contributed by atoms with Gasteiger partial charge in [-0.1, -0.05) is 13.8 Å². The van der Waals surface area contributed by atoms with Gasteiger partial charge in [-0.15, -0.1) is 0 Å². The zero-order chi connectivity index (χ0) is 12.3. The number of halogens is 2. The molecule has 0 radical (unpaired) electrons. The Labute approximate surface area is 93.5 Å². The van der Waals surface area contributed by atoms with Crippen molar-refractivity contribution in [1.29, 1.82) is 0 Å². The second-order valence-electron chi connectivity index (χ2n) is 3.82. The van der Waals surface area contributed by atoms with Crippen molar-refractivity contribution >= 4 is 10.0 Å². The summed E-state index contributed by atoms with van der Waals surface area (Å²) in [6.07, 6.45) is 0. The number of sulfonamides is 1. The van der Waals surface area contributed by atoms with Gasteiger partial charge < -0.3 is 0 Å². The third-order valence-electron chi connectivity index (χ3n) is 1.88. The van der Waals surface area contributed by atoms with Gasteiger partial charge in [-0.2, -0.15) is 0 Å². The van der Waals surface area contributed by atoms with Gasteiger partial charge in [-0.05, 0) is 24.1 Å². The Hall–Kier alpha value is -1.01. The maximum atomic E-state index is 12.8. The summed E-state index contributed by atoms with van der Waals surface area (Å²) in [4.78, 5) is -0.271. The number of benzene rings is 1. The SMILES string of the molecule is CC(C)CNS(=O)(=O)c1ccc(F)c(F)c1. The maximum Gasteiger partial charge on any atom is 0.240 e. The van der Waals surface area contributed by atoms with Gasteiger partial charge >= 0.3 is 0 Å². The molecule has 0 bridgehead atoms. The molecule has 0 aliphatic carbocycles. The first kappa shape index (κ1) is 13.1. The van der Waals surface area contributed by atoms with E-state index < -0.39 is 21.7 Å². The molecule has 1 aromatic carbocycles. The van der Waals surface area contributed by atoms with Gasteiger partial charge in [0.15, 0.2) is 11.6 Å². The minimum Gasteiger partial charge on any atom is -0.211 e. The Bertz CT molecular complexity index is 472. The van der Waals surface area contributed by atoms with Gasteiger partial charge in [-0.25, -0.2) is 21.9 Å². The Kier molecular flexibility index (Phi) is 3.98. The molecular weight excluding hydrogens is 236 g/mol. The van der Waals surface area contributed by atoms with E-state index in [-0.39, 0.29) is 17.4 Å². The van der Waals surface area contributed by atoms with E-state index in [0.29, 0.717) is 6.07 Å². The topological polar surface area (TPSA) is 46.2 Å². The molecule has 90 valence electrons. The number of hydrogen-bond acceptors (Lipinski definition) is 2. The molecule has 0 unspecified atom stereocenters. The lowest BCUT2D eigenvalue weighted by Crippen LogP contribution is -2.27. The molecule has 0 aliphatic rings. The molecule has 0 heterocycles. The first-order valence-corrected chi connectivity index (χ1v) is 6.26. The van der Waals surface area contributed by atoms with Crippen LogP contribution < -0.4 is 4.72 Å². The molecular formula is C10H13F2NO2S. The summed E-state index contributed by atoms with van der Waals surface area (Å²) < 4.78 is 51.0. The first-order chi connectivity index (χ1) is 7.33. The van der Waals surface area contributed by atoms with Crippen molar-refractivity contribution in [1.82, 2.24) is 4.72 Å². The van der Waals surface area contributed by atoms with Crippen LogP contribution in [0.15, 0.2) is 23.1 Å². The summed E-state index contributed by atoms with van der Waals surface area (Å²) in [7, 11) is -3.75. The van der Waals surface area contributed by atoms with Crippen molar-refractivity contribution in [3.8, 4) is 0 Å². The third kappa shape index (κ3) is 3.24. The van der Waals surface area contributed by atoms with Gasteiger partial charge in [0.05, 0.1) is 4.90 Å². The van der Waals surface area contributed by atoms with E-state index in [4.69, 9.17) is 0 Å². The molecule has 1 rings (SSSR count). The van der Waals surface area contributed by atoms with Crippen LogP contribution in [0.3, 0.4) is 0 Å². The van der Waals surface area contributed by atoms with Gasteiger partial charge in [-0.3, -0.25) is 0 Å². The molecule has 6 heteroatoms. The highest BCUT2D eigenvalue weighted by Crippen LogP contribution is 2.13. The summed E-state index contributed by atoms with van der Waals surface area (Å²) in [6, 6.07) is 2.48. The van der Waals surface area contributed by atoms with Crippen molar-refractivity contribution in [2.75, 3.05) is 6.54 Å². The quantitative estimate of drug-likeness (QED) is 0.885. The molecule has 0 aromatic heterocycles. The van der Waals surface area contributed by atoms with Gasteiger partial charge in [0.1, 0.15) is 0 Å². The highest BCUT2D eigenvalue weighted by Gasteiger charge is 2.16. The lowest BCUT2D eigenvalue weighted by molar-refractivity contribution is 0.503. The van der Waals surface area contributed by atoms with Crippen LogP contribution in [0.5, 0.6) is 0 Å². The minimum atomic E-state index is -3.75. The third-order valence-corrected chi connectivity index (χ3v) is 3.30. The van der Waals surface area contributed by atoms with Crippen molar-refractivity contribution in [3.63, 3.8) is 0 Å². The average molecular weight is 249 g/mol. The number of nitrogens with one attached hydrogen (secondary N) is 1. The Morgan fingerprint density at radius 1 is 1.25 bits per heavy atom. The average Bonchev–Trinajstić information content (AvgIpc) is 2.19. The van der Waals surface area contributed by atoms with Crippen LogP contribution in [0.25, 0.3) is 0 Å². The van der Waals surface area contributed by atoms with Crippen LogP contribution >= 0.6 is 0 Å². The summed E-state index contributed by atoms with van der Waals surface area (Å²) in [5.74, 6) is -2.10. The number of rotatable bonds is 4. The Morgan fingerprint density at radius 2 is 1.88 bits per heavy atom. The molecule has 16 heavy (non-hydrogen) atoms. The van der Waals surface area contributed by atoms with Crippen LogP contribution in [0.2, 0.25) is 0 Å². The van der Waals surface area contributed by atoms with Crippen molar-refractivity contribution < 1.29 is 17.2 Å². The van der Waals surface area contributed by atoms with E-state index in [1.54, 1.807) is 0 Å². The highest BCUT2D eigenvalue weighted by molar-refractivity contribution is 7.89. The molecule has 0 amide bonds. The summed E-state index contributed by atoms with van der Waals surface area (Å²) in [6.45, 7) is 3.93. The standard InChI is InChI=1S/C10H13F2NO2S/c1-7(2)6-13-16(14,15)8-3-4-9(11)10(12)5-8/h3-5,7,13H,6H2,1-2H3. The normalized spacial score (nSPS) is 12.1. The van der Waals surface area contributed by atoms with E-state index in [9.17, 15) is 17.2 Å². The zero-order valence-electron chi connectivity index (χ0n) is 9.00. The van der Waals surface area contributed by atoms with Gasteiger partial charge in [0, 0.05) is 6.54 Å². The smallest absolute Gasteiger partial charge is 0.211 e. The van der Waals surface area contributed by atoms with Gasteiger partial charge in [0.25, 0.3) is 0 Å². The van der Waals surface area contributed by atoms with Crippen molar-refractivity contribution in [2.45, 2.75) is 18.7 Å². The fraction of sp³-hybridized carbons (Fsp3) is 0.400. The second-order valence-corrected chi connectivity index (χ2v) is 5.59. The molecule has 0 atom stereocenters. The van der Waals surface area contributed by atoms with Crippen LogP contribution in [-0.4, -0.2) is 15.0 Å². The molecule has 0 saturated carbocycles. The largest absolute Gasteiger partial charge is 0.240 e. The molecule has 0 saturated heterocycles. The number of hydrogen-bond donors (Lipinski definition) is 1. The van der Waals surface area contributed by atoms with E-state index in [1.165, 1.54) is 0 Å². The molecule has 3 nitrogen and oxygen atoms in total. The maximum absolute atomic E-state index is 12.8. The Balaban J connectivity index is 2.94. The summed E-state index contributed by atoms with van der Waals surface area (Å²) in [5.41, 5.74) is 0.